The molecule has 27 heavy (non-hydrogen) atoms. The lowest BCUT2D eigenvalue weighted by Gasteiger charge is -2.26. The van der Waals surface area contributed by atoms with Gasteiger partial charge < -0.3 is 19.7 Å². The van der Waals surface area contributed by atoms with Gasteiger partial charge in [-0.1, -0.05) is 18.2 Å². The van der Waals surface area contributed by atoms with Crippen molar-refractivity contribution >= 4 is 17.5 Å². The molecule has 0 bridgehead atoms. The number of ether oxygens (including phenoxy) is 2. The van der Waals surface area contributed by atoms with Gasteiger partial charge in [0.05, 0.1) is 25.0 Å². The molecule has 142 valence electrons. The molecule has 1 fully saturated rings. The highest BCUT2D eigenvalue weighted by atomic mass is 16.5. The molecule has 0 unspecified atom stereocenters. The van der Waals surface area contributed by atoms with E-state index < -0.39 is 5.91 Å². The molecule has 0 spiro atoms. The number of benzene rings is 1. The number of hydrogen-bond donors (Lipinski definition) is 1. The van der Waals surface area contributed by atoms with E-state index in [1.165, 1.54) is 0 Å². The molecule has 0 saturated carbocycles. The van der Waals surface area contributed by atoms with E-state index in [9.17, 15) is 9.59 Å². The maximum Gasteiger partial charge on any atom is 0.274 e. The van der Waals surface area contributed by atoms with E-state index >= 15 is 0 Å². The minimum Gasteiger partial charge on any atom is -0.489 e. The van der Waals surface area contributed by atoms with Crippen molar-refractivity contribution in [3.8, 4) is 5.75 Å². The Morgan fingerprint density at radius 3 is 2.52 bits per heavy atom. The topological polar surface area (TPSA) is 80.8 Å². The minimum absolute atomic E-state index is 0.0179. The fraction of sp³-hybridized carbons (Fsp3) is 0.350. The van der Waals surface area contributed by atoms with Crippen molar-refractivity contribution in [2.45, 2.75) is 20.0 Å². The summed E-state index contributed by atoms with van der Waals surface area (Å²) < 4.78 is 11.0. The molecule has 2 aromatic rings. The standard InChI is InChI=1S/C20H23N3O4/c1-14(2)27-18-9-4-3-6-15(18)22-19(24)16-7-5-8-17(21-16)20(25)23-10-12-26-13-11-23/h3-9,14H,10-13H2,1-2H3,(H,22,24). The summed E-state index contributed by atoms with van der Waals surface area (Å²) in [7, 11) is 0. The molecule has 7 heteroatoms. The van der Waals surface area contributed by atoms with Crippen molar-refractivity contribution in [2.75, 3.05) is 31.6 Å². The van der Waals surface area contributed by atoms with E-state index in [-0.39, 0.29) is 23.4 Å². The van der Waals surface area contributed by atoms with Crippen LogP contribution in [0.25, 0.3) is 0 Å². The van der Waals surface area contributed by atoms with Crippen molar-refractivity contribution in [1.82, 2.24) is 9.88 Å². The molecule has 1 aliphatic heterocycles. The molecule has 2 amide bonds. The largest absolute Gasteiger partial charge is 0.489 e. The van der Waals surface area contributed by atoms with E-state index in [0.717, 1.165) is 0 Å². The van der Waals surface area contributed by atoms with Gasteiger partial charge in [0.2, 0.25) is 0 Å². The fourth-order valence-corrected chi connectivity index (χ4v) is 2.72. The second-order valence-electron chi connectivity index (χ2n) is 6.43. The van der Waals surface area contributed by atoms with Crippen LogP contribution in [0, 0.1) is 0 Å². The molecular formula is C20H23N3O4. The second kappa shape index (κ2) is 8.64. The van der Waals surface area contributed by atoms with E-state index in [1.54, 1.807) is 35.2 Å². The summed E-state index contributed by atoms with van der Waals surface area (Å²) in [6.45, 7) is 5.91. The van der Waals surface area contributed by atoms with Gasteiger partial charge in [0, 0.05) is 13.1 Å². The van der Waals surface area contributed by atoms with Crippen LogP contribution in [0.15, 0.2) is 42.5 Å². The third kappa shape index (κ3) is 4.83. The summed E-state index contributed by atoms with van der Waals surface area (Å²) in [6.07, 6.45) is -0.0179. The lowest BCUT2D eigenvalue weighted by molar-refractivity contribution is 0.0299. The monoisotopic (exact) mass is 369 g/mol. The number of nitrogens with one attached hydrogen (secondary N) is 1. The fourth-order valence-electron chi connectivity index (χ4n) is 2.72. The second-order valence-corrected chi connectivity index (χ2v) is 6.43. The SMILES string of the molecule is CC(C)Oc1ccccc1NC(=O)c1cccc(C(=O)N2CCOCC2)n1. The average Bonchev–Trinajstić information content (AvgIpc) is 2.69. The normalized spacial score (nSPS) is 14.1. The molecule has 1 aromatic carbocycles. The zero-order valence-corrected chi connectivity index (χ0v) is 15.5. The van der Waals surface area contributed by atoms with Crippen LogP contribution in [0.5, 0.6) is 5.75 Å². The Labute approximate surface area is 158 Å². The minimum atomic E-state index is -0.397. The van der Waals surface area contributed by atoms with E-state index in [0.29, 0.717) is 37.7 Å². The number of para-hydroxylation sites is 2. The molecule has 0 aliphatic carbocycles. The van der Waals surface area contributed by atoms with Gasteiger partial charge in [-0.05, 0) is 38.1 Å². The maximum atomic E-state index is 12.6. The van der Waals surface area contributed by atoms with Crippen LogP contribution in [-0.4, -0.2) is 54.1 Å². The number of rotatable bonds is 5. The van der Waals surface area contributed by atoms with E-state index in [1.807, 2.05) is 26.0 Å². The summed E-state index contributed by atoms with van der Waals surface area (Å²) in [6, 6.07) is 12.1. The van der Waals surface area contributed by atoms with Gasteiger partial charge in [-0.3, -0.25) is 9.59 Å². The molecule has 3 rings (SSSR count). The van der Waals surface area contributed by atoms with Crippen molar-refractivity contribution < 1.29 is 19.1 Å². The zero-order chi connectivity index (χ0) is 19.2. The maximum absolute atomic E-state index is 12.6. The van der Waals surface area contributed by atoms with Gasteiger partial charge in [-0.15, -0.1) is 0 Å². The average molecular weight is 369 g/mol. The first-order chi connectivity index (χ1) is 13.0. The molecule has 2 heterocycles. The van der Waals surface area contributed by atoms with Crippen LogP contribution < -0.4 is 10.1 Å². The molecule has 1 saturated heterocycles. The molecule has 0 atom stereocenters. The summed E-state index contributed by atoms with van der Waals surface area (Å²) in [5, 5.41) is 2.81. The molecule has 1 aromatic heterocycles. The highest BCUT2D eigenvalue weighted by Crippen LogP contribution is 2.25. The lowest BCUT2D eigenvalue weighted by atomic mass is 10.2. The third-order valence-corrected chi connectivity index (χ3v) is 4.00. The number of hydrogen-bond acceptors (Lipinski definition) is 5. The summed E-state index contributed by atoms with van der Waals surface area (Å²) >= 11 is 0. The van der Waals surface area contributed by atoms with Crippen LogP contribution in [0.4, 0.5) is 5.69 Å². The summed E-state index contributed by atoms with van der Waals surface area (Å²) in [5.74, 6) is -0.00989. The van der Waals surface area contributed by atoms with Crippen LogP contribution in [-0.2, 0) is 4.74 Å². The highest BCUT2D eigenvalue weighted by Gasteiger charge is 2.21. The molecule has 0 radical (unpaired) electrons. The zero-order valence-electron chi connectivity index (χ0n) is 15.5. The molecular weight excluding hydrogens is 346 g/mol. The van der Waals surface area contributed by atoms with Gasteiger partial charge >= 0.3 is 0 Å². The van der Waals surface area contributed by atoms with Crippen molar-refractivity contribution in [3.05, 3.63) is 53.9 Å². The molecule has 1 aliphatic rings. The Bertz CT molecular complexity index is 816. The van der Waals surface area contributed by atoms with Gasteiger partial charge in [0.25, 0.3) is 11.8 Å². The predicted molar refractivity (Wildman–Crippen MR) is 101 cm³/mol. The van der Waals surface area contributed by atoms with E-state index in [4.69, 9.17) is 9.47 Å². The number of carbonyl (C=O) groups is 2. The number of aromatic nitrogens is 1. The van der Waals surface area contributed by atoms with Crippen LogP contribution in [0.3, 0.4) is 0 Å². The van der Waals surface area contributed by atoms with Crippen molar-refractivity contribution in [1.29, 1.82) is 0 Å². The van der Waals surface area contributed by atoms with E-state index in [2.05, 4.69) is 10.3 Å². The van der Waals surface area contributed by atoms with Crippen molar-refractivity contribution in [2.24, 2.45) is 0 Å². The quantitative estimate of drug-likeness (QED) is 0.876. The first-order valence-corrected chi connectivity index (χ1v) is 8.95. The number of pyridine rings is 1. The first-order valence-electron chi connectivity index (χ1n) is 8.95. The van der Waals surface area contributed by atoms with Crippen molar-refractivity contribution in [3.63, 3.8) is 0 Å². The Morgan fingerprint density at radius 1 is 1.07 bits per heavy atom. The Morgan fingerprint density at radius 2 is 1.78 bits per heavy atom. The van der Waals surface area contributed by atoms with Crippen LogP contribution in [0.2, 0.25) is 0 Å². The summed E-state index contributed by atoms with van der Waals surface area (Å²) in [5.41, 5.74) is 0.979. The van der Waals surface area contributed by atoms with Gasteiger partial charge in [0.15, 0.2) is 0 Å². The molecule has 1 N–H and O–H groups in total. The lowest BCUT2D eigenvalue weighted by Crippen LogP contribution is -2.41. The van der Waals surface area contributed by atoms with Gasteiger partial charge in [-0.2, -0.15) is 0 Å². The van der Waals surface area contributed by atoms with Crippen LogP contribution >= 0.6 is 0 Å². The number of amides is 2. The predicted octanol–water partition coefficient (Wildman–Crippen LogP) is 2.59. The number of anilines is 1. The van der Waals surface area contributed by atoms with Crippen LogP contribution in [0.1, 0.15) is 34.8 Å². The smallest absolute Gasteiger partial charge is 0.274 e. The highest BCUT2D eigenvalue weighted by molar-refractivity contribution is 6.04. The number of carbonyl (C=O) groups excluding carboxylic acids is 2. The Hall–Kier alpha value is -2.93. The third-order valence-electron chi connectivity index (χ3n) is 4.00. The molecule has 7 nitrogen and oxygen atoms in total. The number of nitrogens with zero attached hydrogens (tertiary/aromatic N) is 2. The Balaban J connectivity index is 1.75. The Kier molecular flexibility index (Phi) is 6.03. The first kappa shape index (κ1) is 18.8. The van der Waals surface area contributed by atoms with Gasteiger partial charge in [-0.25, -0.2) is 4.98 Å². The number of morpholine rings is 1. The summed E-state index contributed by atoms with van der Waals surface area (Å²) in [4.78, 5) is 31.1. The van der Waals surface area contributed by atoms with Gasteiger partial charge in [0.1, 0.15) is 17.1 Å².